The second kappa shape index (κ2) is 6.74. The van der Waals surface area contributed by atoms with Crippen LogP contribution < -0.4 is 5.32 Å². The number of hydrogen-bond donors (Lipinski definition) is 1. The lowest BCUT2D eigenvalue weighted by Gasteiger charge is -2.04. The number of aromatic nitrogens is 2. The molecule has 4 nitrogen and oxygen atoms in total. The van der Waals surface area contributed by atoms with E-state index in [1.165, 1.54) is 19.3 Å². The number of rotatable bonds is 6. The van der Waals surface area contributed by atoms with Gasteiger partial charge in [-0.25, -0.2) is 0 Å². The molecular weight excluding hydrogens is 262 g/mol. The second-order valence-electron chi connectivity index (χ2n) is 6.06. The average Bonchev–Trinajstić information content (AvgIpc) is 3.13. The smallest absolute Gasteiger partial charge is 0.226 e. The third-order valence-electron chi connectivity index (χ3n) is 4.21. The number of aryl methyl sites for hydroxylation is 1. The molecule has 2 unspecified atom stereocenters. The predicted molar refractivity (Wildman–Crippen MR) is 83.3 cm³/mol. The molecule has 1 saturated carbocycles. The molecule has 1 aromatic heterocycles. The zero-order chi connectivity index (χ0) is 14.5. The zero-order valence-corrected chi connectivity index (χ0v) is 12.6. The molecule has 2 aromatic rings. The van der Waals surface area contributed by atoms with Gasteiger partial charge in [-0.3, -0.25) is 0 Å². The molecule has 1 aliphatic rings. The van der Waals surface area contributed by atoms with Gasteiger partial charge in [0.1, 0.15) is 0 Å². The lowest BCUT2D eigenvalue weighted by molar-refractivity contribution is 0.367. The molecule has 2 atom stereocenters. The van der Waals surface area contributed by atoms with Crippen LogP contribution in [-0.2, 0) is 6.42 Å². The predicted octanol–water partition coefficient (Wildman–Crippen LogP) is 4.02. The van der Waals surface area contributed by atoms with E-state index >= 15 is 0 Å². The van der Waals surface area contributed by atoms with E-state index in [4.69, 9.17) is 4.52 Å². The lowest BCUT2D eigenvalue weighted by atomic mass is 10.1. The molecule has 0 bridgehead atoms. The number of para-hydroxylation sites is 1. The minimum Gasteiger partial charge on any atom is -0.385 e. The first-order valence-electron chi connectivity index (χ1n) is 7.92. The highest BCUT2D eigenvalue weighted by molar-refractivity contribution is 5.42. The summed E-state index contributed by atoms with van der Waals surface area (Å²) in [6, 6.07) is 10.2. The van der Waals surface area contributed by atoms with Gasteiger partial charge in [0.15, 0.2) is 5.82 Å². The second-order valence-corrected chi connectivity index (χ2v) is 6.06. The molecule has 1 heterocycles. The van der Waals surface area contributed by atoms with Crippen LogP contribution in [0.5, 0.6) is 0 Å². The fraction of sp³-hybridized carbons (Fsp3) is 0.529. The van der Waals surface area contributed by atoms with Gasteiger partial charge in [0.25, 0.3) is 0 Å². The van der Waals surface area contributed by atoms with E-state index in [9.17, 15) is 0 Å². The Morgan fingerprint density at radius 2 is 2.10 bits per heavy atom. The highest BCUT2D eigenvalue weighted by Crippen LogP contribution is 2.36. The molecule has 1 aromatic carbocycles. The molecule has 1 N–H and O–H groups in total. The molecule has 1 fully saturated rings. The van der Waals surface area contributed by atoms with Crippen molar-refractivity contribution in [3.63, 3.8) is 0 Å². The van der Waals surface area contributed by atoms with Crippen molar-refractivity contribution in [2.75, 3.05) is 11.9 Å². The fourth-order valence-electron chi connectivity index (χ4n) is 3.01. The first-order chi connectivity index (χ1) is 10.3. The SMILES string of the molecule is CC1CCC(c2noc(CCCNc3ccccc3)n2)C1. The quantitative estimate of drug-likeness (QED) is 0.814. The Hall–Kier alpha value is -1.84. The maximum atomic E-state index is 5.38. The number of hydrogen-bond acceptors (Lipinski definition) is 4. The molecule has 3 rings (SSSR count). The Morgan fingerprint density at radius 3 is 2.86 bits per heavy atom. The highest BCUT2D eigenvalue weighted by atomic mass is 16.5. The Kier molecular flexibility index (Phi) is 4.53. The van der Waals surface area contributed by atoms with Crippen molar-refractivity contribution in [1.82, 2.24) is 10.1 Å². The van der Waals surface area contributed by atoms with Crippen LogP contribution in [0.3, 0.4) is 0 Å². The summed E-state index contributed by atoms with van der Waals surface area (Å²) in [6.07, 6.45) is 5.53. The number of benzene rings is 1. The summed E-state index contributed by atoms with van der Waals surface area (Å²) in [5.74, 6) is 3.01. The van der Waals surface area contributed by atoms with Crippen molar-refractivity contribution in [2.45, 2.75) is 44.9 Å². The van der Waals surface area contributed by atoms with Crippen LogP contribution in [0.15, 0.2) is 34.9 Å². The molecular formula is C17H23N3O. The van der Waals surface area contributed by atoms with E-state index in [2.05, 4.69) is 34.5 Å². The zero-order valence-electron chi connectivity index (χ0n) is 12.6. The maximum absolute atomic E-state index is 5.38. The van der Waals surface area contributed by atoms with Gasteiger partial charge in [0.2, 0.25) is 5.89 Å². The Morgan fingerprint density at radius 1 is 1.24 bits per heavy atom. The summed E-state index contributed by atoms with van der Waals surface area (Å²) in [7, 11) is 0. The molecule has 0 spiro atoms. The average molecular weight is 285 g/mol. The summed E-state index contributed by atoms with van der Waals surface area (Å²) in [6.45, 7) is 3.22. The van der Waals surface area contributed by atoms with E-state index in [-0.39, 0.29) is 0 Å². The van der Waals surface area contributed by atoms with Gasteiger partial charge in [0, 0.05) is 24.6 Å². The minimum atomic E-state index is 0.514. The highest BCUT2D eigenvalue weighted by Gasteiger charge is 2.26. The van der Waals surface area contributed by atoms with Crippen LogP contribution >= 0.6 is 0 Å². The van der Waals surface area contributed by atoms with Crippen molar-refractivity contribution in [3.8, 4) is 0 Å². The van der Waals surface area contributed by atoms with E-state index in [1.807, 2.05) is 18.2 Å². The van der Waals surface area contributed by atoms with Crippen LogP contribution in [0, 0.1) is 5.92 Å². The van der Waals surface area contributed by atoms with Crippen molar-refractivity contribution in [2.24, 2.45) is 5.92 Å². The normalized spacial score (nSPS) is 21.6. The van der Waals surface area contributed by atoms with Crippen LogP contribution in [0.2, 0.25) is 0 Å². The van der Waals surface area contributed by atoms with Crippen molar-refractivity contribution in [1.29, 1.82) is 0 Å². The lowest BCUT2D eigenvalue weighted by Crippen LogP contribution is -2.03. The molecule has 112 valence electrons. The third-order valence-corrected chi connectivity index (χ3v) is 4.21. The summed E-state index contributed by atoms with van der Waals surface area (Å²) >= 11 is 0. The van der Waals surface area contributed by atoms with Crippen LogP contribution in [0.4, 0.5) is 5.69 Å². The molecule has 0 saturated heterocycles. The van der Waals surface area contributed by atoms with Gasteiger partial charge in [-0.1, -0.05) is 30.3 Å². The summed E-state index contributed by atoms with van der Waals surface area (Å²) in [5.41, 5.74) is 1.16. The van der Waals surface area contributed by atoms with Gasteiger partial charge >= 0.3 is 0 Å². The van der Waals surface area contributed by atoms with Gasteiger partial charge in [-0.15, -0.1) is 0 Å². The van der Waals surface area contributed by atoms with E-state index in [0.717, 1.165) is 42.7 Å². The fourth-order valence-corrected chi connectivity index (χ4v) is 3.01. The molecule has 1 aliphatic carbocycles. The third kappa shape index (κ3) is 3.84. The van der Waals surface area contributed by atoms with Crippen molar-refractivity contribution in [3.05, 3.63) is 42.0 Å². The van der Waals surface area contributed by atoms with Gasteiger partial charge in [-0.2, -0.15) is 4.98 Å². The van der Waals surface area contributed by atoms with Crippen molar-refractivity contribution >= 4 is 5.69 Å². The first kappa shape index (κ1) is 14.1. The molecule has 0 aliphatic heterocycles. The molecule has 4 heteroatoms. The van der Waals surface area contributed by atoms with Gasteiger partial charge in [-0.05, 0) is 43.7 Å². The van der Waals surface area contributed by atoms with Gasteiger partial charge < -0.3 is 9.84 Å². The molecule has 0 amide bonds. The van der Waals surface area contributed by atoms with Crippen LogP contribution in [0.1, 0.15) is 50.2 Å². The summed E-state index contributed by atoms with van der Waals surface area (Å²) in [4.78, 5) is 4.57. The molecule has 21 heavy (non-hydrogen) atoms. The standard InChI is InChI=1S/C17H23N3O/c1-13-9-10-14(12-13)17-19-16(21-20-17)8-5-11-18-15-6-3-2-4-7-15/h2-4,6-7,13-14,18H,5,8-12H2,1H3. The van der Waals surface area contributed by atoms with E-state index < -0.39 is 0 Å². The Labute approximate surface area is 126 Å². The summed E-state index contributed by atoms with van der Waals surface area (Å²) in [5, 5.41) is 7.56. The first-order valence-corrected chi connectivity index (χ1v) is 7.92. The van der Waals surface area contributed by atoms with E-state index in [1.54, 1.807) is 0 Å². The number of nitrogens with zero attached hydrogens (tertiary/aromatic N) is 2. The monoisotopic (exact) mass is 285 g/mol. The van der Waals surface area contributed by atoms with Gasteiger partial charge in [0.05, 0.1) is 0 Å². The van der Waals surface area contributed by atoms with E-state index in [0.29, 0.717) is 5.92 Å². The molecule has 0 radical (unpaired) electrons. The number of anilines is 1. The van der Waals surface area contributed by atoms with Crippen LogP contribution in [-0.4, -0.2) is 16.7 Å². The Balaban J connectivity index is 1.43. The topological polar surface area (TPSA) is 51.0 Å². The largest absolute Gasteiger partial charge is 0.385 e. The van der Waals surface area contributed by atoms with Crippen LogP contribution in [0.25, 0.3) is 0 Å². The summed E-state index contributed by atoms with van der Waals surface area (Å²) < 4.78 is 5.38. The Bertz CT molecular complexity index is 552. The minimum absolute atomic E-state index is 0.514. The number of nitrogens with one attached hydrogen (secondary N) is 1. The van der Waals surface area contributed by atoms with Crippen molar-refractivity contribution < 1.29 is 4.52 Å². The maximum Gasteiger partial charge on any atom is 0.226 e.